The van der Waals surface area contributed by atoms with Crippen LogP contribution in [0.3, 0.4) is 0 Å². The van der Waals surface area contributed by atoms with E-state index in [4.69, 9.17) is 5.11 Å². The molecule has 0 aliphatic carbocycles. The molecule has 0 spiro atoms. The van der Waals surface area contributed by atoms with Crippen LogP contribution in [0.4, 0.5) is 19.4 Å². The first-order valence-electron chi connectivity index (χ1n) is 3.47. The summed E-state index contributed by atoms with van der Waals surface area (Å²) in [7, 11) is -9.59. The van der Waals surface area contributed by atoms with Crippen LogP contribution in [0.15, 0.2) is 29.2 Å². The molecule has 0 aromatic heterocycles. The summed E-state index contributed by atoms with van der Waals surface area (Å²) in [5, 5.41) is 8.50. The van der Waals surface area contributed by atoms with Gasteiger partial charge in [-0.25, -0.2) is 0 Å². The quantitative estimate of drug-likeness (QED) is 0.771. The van der Waals surface area contributed by atoms with Crippen molar-refractivity contribution in [3.05, 3.63) is 29.8 Å². The zero-order chi connectivity index (χ0) is 11.1. The van der Waals surface area contributed by atoms with Crippen LogP contribution in [0.2, 0.25) is 0 Å². The smallest absolute Gasteiger partial charge is 0.310 e. The van der Waals surface area contributed by atoms with E-state index in [1.54, 1.807) is 0 Å². The van der Waals surface area contributed by atoms with Crippen molar-refractivity contribution in [2.24, 2.45) is 0 Å². The van der Waals surface area contributed by atoms with Gasteiger partial charge in [0.15, 0.2) is 0 Å². The summed E-state index contributed by atoms with van der Waals surface area (Å²) >= 11 is 0. The molecule has 1 N–H and O–H groups in total. The first-order valence-corrected chi connectivity index (χ1v) is 5.42. The van der Waals surface area contributed by atoms with Crippen LogP contribution in [0, 0.1) is 0 Å². The Morgan fingerprint density at radius 2 is 1.64 bits per heavy atom. The highest BCUT2D eigenvalue weighted by atomic mass is 32.5. The molecule has 7 heteroatoms. The van der Waals surface area contributed by atoms with E-state index in [0.29, 0.717) is 6.07 Å². The molecular formula is C7H7F5OS. The van der Waals surface area contributed by atoms with Gasteiger partial charge in [0.2, 0.25) is 0 Å². The molecule has 0 radical (unpaired) electrons. The fourth-order valence-corrected chi connectivity index (χ4v) is 1.59. The average molecular weight is 234 g/mol. The lowest BCUT2D eigenvalue weighted by atomic mass is 10.2. The molecule has 0 amide bonds. The highest BCUT2D eigenvalue weighted by molar-refractivity contribution is 8.45. The van der Waals surface area contributed by atoms with Crippen LogP contribution in [0.1, 0.15) is 5.56 Å². The Balaban J connectivity index is 3.35. The second kappa shape index (κ2) is 2.40. The Labute approximate surface area is 76.9 Å². The number of benzene rings is 1. The lowest BCUT2D eigenvalue weighted by Crippen LogP contribution is -2.06. The van der Waals surface area contributed by atoms with E-state index >= 15 is 0 Å². The molecule has 1 rings (SSSR count). The average Bonchev–Trinajstić information content (AvgIpc) is 2.01. The zero-order valence-corrected chi connectivity index (χ0v) is 7.58. The lowest BCUT2D eigenvalue weighted by Gasteiger charge is -2.40. The van der Waals surface area contributed by atoms with Crippen LogP contribution in [0.5, 0.6) is 0 Å². The van der Waals surface area contributed by atoms with Gasteiger partial charge in [-0.1, -0.05) is 31.6 Å². The van der Waals surface area contributed by atoms with Crippen molar-refractivity contribution >= 4 is 10.2 Å². The Hall–Kier alpha value is -0.820. The van der Waals surface area contributed by atoms with Crippen molar-refractivity contribution in [2.75, 3.05) is 0 Å². The molecule has 0 fully saturated rings. The Kier molecular flexibility index (Phi) is 1.93. The van der Waals surface area contributed by atoms with Gasteiger partial charge in [-0.15, -0.1) is 0 Å². The lowest BCUT2D eigenvalue weighted by molar-refractivity contribution is 0.281. The summed E-state index contributed by atoms with van der Waals surface area (Å²) in [6, 6.07) is 2.51. The third-order valence-corrected chi connectivity index (χ3v) is 2.67. The summed E-state index contributed by atoms with van der Waals surface area (Å²) in [6.07, 6.45) is 0. The van der Waals surface area contributed by atoms with Crippen LogP contribution >= 0.6 is 10.2 Å². The van der Waals surface area contributed by atoms with Crippen molar-refractivity contribution in [2.45, 2.75) is 11.5 Å². The zero-order valence-electron chi connectivity index (χ0n) is 6.76. The maximum atomic E-state index is 12.2. The van der Waals surface area contributed by atoms with Crippen molar-refractivity contribution in [3.63, 3.8) is 0 Å². The standard InChI is InChI=1S/C7H7F5OS/c8-14(9,10,11,12)7-3-1-2-6(4-7)5-13/h1-4,13H,5H2. The van der Waals surface area contributed by atoms with E-state index in [-0.39, 0.29) is 11.6 Å². The Bertz CT molecular complexity index is 357. The molecule has 1 aromatic rings. The predicted molar refractivity (Wildman–Crippen MR) is 43.8 cm³/mol. The highest BCUT2D eigenvalue weighted by Crippen LogP contribution is 3.02. The summed E-state index contributed by atoms with van der Waals surface area (Å²) in [4.78, 5) is -1.98. The van der Waals surface area contributed by atoms with E-state index in [9.17, 15) is 19.4 Å². The largest absolute Gasteiger partial charge is 0.392 e. The molecule has 0 unspecified atom stereocenters. The molecule has 1 aromatic carbocycles. The number of aliphatic hydroxyl groups excluding tert-OH is 1. The molecule has 0 aliphatic heterocycles. The van der Waals surface area contributed by atoms with Gasteiger partial charge in [0.05, 0.1) is 6.61 Å². The van der Waals surface area contributed by atoms with E-state index in [2.05, 4.69) is 0 Å². The highest BCUT2D eigenvalue weighted by Gasteiger charge is 2.65. The van der Waals surface area contributed by atoms with Crippen molar-refractivity contribution < 1.29 is 24.5 Å². The first kappa shape index (κ1) is 11.3. The van der Waals surface area contributed by atoms with Gasteiger partial charge < -0.3 is 5.11 Å². The van der Waals surface area contributed by atoms with E-state index < -0.39 is 21.7 Å². The maximum Gasteiger partial charge on any atom is 0.310 e. The minimum atomic E-state index is -9.59. The van der Waals surface area contributed by atoms with E-state index in [1.165, 1.54) is 0 Å². The topological polar surface area (TPSA) is 20.2 Å². The van der Waals surface area contributed by atoms with Gasteiger partial charge in [-0.2, -0.15) is 0 Å². The van der Waals surface area contributed by atoms with E-state index in [0.717, 1.165) is 12.1 Å². The van der Waals surface area contributed by atoms with Crippen LogP contribution in [-0.4, -0.2) is 5.11 Å². The molecule has 0 atom stereocenters. The maximum absolute atomic E-state index is 12.2. The second-order valence-electron chi connectivity index (χ2n) is 2.77. The summed E-state index contributed by atoms with van der Waals surface area (Å²) in [6.45, 7) is -0.707. The number of rotatable bonds is 2. The molecule has 0 saturated heterocycles. The minimum Gasteiger partial charge on any atom is -0.392 e. The summed E-state index contributed by atoms with van der Waals surface area (Å²) < 4.78 is 60.9. The summed E-state index contributed by atoms with van der Waals surface area (Å²) in [5.74, 6) is 0. The van der Waals surface area contributed by atoms with Gasteiger partial charge in [0.25, 0.3) is 0 Å². The Morgan fingerprint density at radius 3 is 2.07 bits per heavy atom. The molecule has 0 bridgehead atoms. The summed E-state index contributed by atoms with van der Waals surface area (Å²) in [5.41, 5.74) is -0.198. The van der Waals surface area contributed by atoms with Gasteiger partial charge in [0, 0.05) is 0 Å². The van der Waals surface area contributed by atoms with Crippen molar-refractivity contribution in [3.8, 4) is 0 Å². The number of halogens is 5. The van der Waals surface area contributed by atoms with Gasteiger partial charge in [0.1, 0.15) is 4.90 Å². The van der Waals surface area contributed by atoms with Gasteiger partial charge in [-0.3, -0.25) is 0 Å². The molecule has 0 heterocycles. The van der Waals surface area contributed by atoms with Gasteiger partial charge in [-0.05, 0) is 17.7 Å². The number of hydrogen-bond donors (Lipinski definition) is 1. The Morgan fingerprint density at radius 1 is 1.07 bits per heavy atom. The second-order valence-corrected chi connectivity index (χ2v) is 5.18. The monoisotopic (exact) mass is 234 g/mol. The predicted octanol–water partition coefficient (Wildman–Crippen LogP) is 3.84. The number of aliphatic hydroxyl groups is 1. The third-order valence-electron chi connectivity index (χ3n) is 1.53. The van der Waals surface area contributed by atoms with Crippen molar-refractivity contribution in [1.29, 1.82) is 0 Å². The first-order chi connectivity index (χ1) is 6.03. The molecule has 0 aliphatic rings. The van der Waals surface area contributed by atoms with E-state index in [1.807, 2.05) is 0 Å². The fourth-order valence-electron chi connectivity index (χ4n) is 0.884. The van der Waals surface area contributed by atoms with Gasteiger partial charge >= 0.3 is 10.2 Å². The fraction of sp³-hybridized carbons (Fsp3) is 0.143. The number of hydrogen-bond acceptors (Lipinski definition) is 1. The molecule has 1 nitrogen and oxygen atoms in total. The van der Waals surface area contributed by atoms with Crippen LogP contribution in [0.25, 0.3) is 0 Å². The molecular weight excluding hydrogens is 227 g/mol. The normalized spacial score (nSPS) is 17.3. The molecule has 14 heavy (non-hydrogen) atoms. The SMILES string of the molecule is OCc1cccc(S(F)(F)(F)(F)F)c1. The minimum absolute atomic E-state index is 0.198. The van der Waals surface area contributed by atoms with Crippen molar-refractivity contribution in [1.82, 2.24) is 0 Å². The third kappa shape index (κ3) is 2.58. The van der Waals surface area contributed by atoms with Crippen LogP contribution in [-0.2, 0) is 6.61 Å². The van der Waals surface area contributed by atoms with Crippen LogP contribution < -0.4 is 0 Å². The molecule has 82 valence electrons. The molecule has 0 saturated carbocycles.